The normalized spacial score (nSPS) is 14.5. The van der Waals surface area contributed by atoms with Gasteiger partial charge in [-0.25, -0.2) is 0 Å². The van der Waals surface area contributed by atoms with Crippen LogP contribution in [0.15, 0.2) is 72.9 Å². The van der Waals surface area contributed by atoms with E-state index in [-0.39, 0.29) is 12.5 Å². The lowest BCUT2D eigenvalue weighted by Crippen LogP contribution is -2.45. The van der Waals surface area contributed by atoms with Gasteiger partial charge in [-0.15, -0.1) is 0 Å². The first-order valence-corrected chi connectivity index (χ1v) is 30.3. The van der Waals surface area contributed by atoms with Gasteiger partial charge in [-0.3, -0.25) is 9.36 Å². The van der Waals surface area contributed by atoms with E-state index in [2.05, 4.69) is 79.9 Å². The van der Waals surface area contributed by atoms with Gasteiger partial charge in [0.1, 0.15) is 13.2 Å². The third-order valence-corrected chi connectivity index (χ3v) is 13.6. The number of amides is 1. The zero-order valence-corrected chi connectivity index (χ0v) is 46.6. The van der Waals surface area contributed by atoms with Crippen LogP contribution < -0.4 is 10.2 Å². The summed E-state index contributed by atoms with van der Waals surface area (Å²) in [5, 5.41) is 13.7. The number of aliphatic hydroxyl groups excluding tert-OH is 1. The summed E-state index contributed by atoms with van der Waals surface area (Å²) >= 11 is 0. The van der Waals surface area contributed by atoms with E-state index in [1.165, 1.54) is 167 Å². The first kappa shape index (κ1) is 66.9. The summed E-state index contributed by atoms with van der Waals surface area (Å²) in [6, 6.07) is -0.909. The van der Waals surface area contributed by atoms with E-state index in [0.29, 0.717) is 17.4 Å². The molecule has 0 fully saturated rings. The minimum atomic E-state index is -4.60. The van der Waals surface area contributed by atoms with Gasteiger partial charge >= 0.3 is 0 Å². The maximum atomic E-state index is 12.9. The van der Waals surface area contributed by atoms with Crippen molar-refractivity contribution in [3.05, 3.63) is 72.9 Å². The molecular weight excluding hydrogens is 876 g/mol. The molecule has 0 saturated heterocycles. The van der Waals surface area contributed by atoms with E-state index in [1.807, 2.05) is 27.2 Å². The standard InChI is InChI=1S/C60H111N2O6P/c1-6-8-10-12-14-16-18-19-20-21-22-23-24-25-26-27-28-29-30-31-32-33-34-35-36-37-38-39-40-41-42-43-44-46-48-50-52-54-60(64)61-58(57-68-69(65,66)67-56-55-62(3,4)5)59(63)53-51-49-47-45-17-15-13-11-9-7-2/h9,11,17-19,21-22,24-25,45,51,53,58-59,63H,6-8,10,12-16,20,23,26-44,46-50,52,54-57H2,1-5H3,(H-,61,64,65,66)/b11-9+,19-18-,22-21-,25-24-,45-17+,53-51+. The molecule has 0 radical (unpaired) electrons. The molecule has 0 spiro atoms. The minimum absolute atomic E-state index is 0.0103. The van der Waals surface area contributed by atoms with Gasteiger partial charge in [0.05, 0.1) is 39.9 Å². The minimum Gasteiger partial charge on any atom is -0.756 e. The number of quaternary nitrogens is 1. The van der Waals surface area contributed by atoms with Gasteiger partial charge in [-0.1, -0.05) is 241 Å². The Bertz CT molecular complexity index is 1350. The molecule has 0 aromatic rings. The highest BCUT2D eigenvalue weighted by Gasteiger charge is 2.23. The number of carbonyl (C=O) groups excluding carboxylic acids is 1. The number of unbranched alkanes of at least 4 members (excludes halogenated alkanes) is 29. The first-order valence-electron chi connectivity index (χ1n) is 28.8. The zero-order chi connectivity index (χ0) is 50.6. The predicted molar refractivity (Wildman–Crippen MR) is 297 cm³/mol. The van der Waals surface area contributed by atoms with Crippen LogP contribution in [0.3, 0.4) is 0 Å². The smallest absolute Gasteiger partial charge is 0.268 e. The van der Waals surface area contributed by atoms with E-state index >= 15 is 0 Å². The number of carbonyl (C=O) groups is 1. The van der Waals surface area contributed by atoms with Crippen LogP contribution in [-0.2, 0) is 18.4 Å². The maximum Gasteiger partial charge on any atom is 0.268 e. The largest absolute Gasteiger partial charge is 0.756 e. The number of likely N-dealkylation sites (N-methyl/N-ethyl adjacent to an activating group) is 1. The Hall–Kier alpha value is -2.06. The quantitative estimate of drug-likeness (QED) is 0.0272. The molecule has 0 rings (SSSR count). The molecule has 9 heteroatoms. The van der Waals surface area contributed by atoms with Crippen LogP contribution in [0.1, 0.15) is 251 Å². The number of aliphatic hydroxyl groups is 1. The summed E-state index contributed by atoms with van der Waals surface area (Å²) in [6.45, 7) is 4.48. The molecule has 3 unspecified atom stereocenters. The van der Waals surface area contributed by atoms with E-state index in [4.69, 9.17) is 9.05 Å². The van der Waals surface area contributed by atoms with Crippen molar-refractivity contribution in [1.29, 1.82) is 0 Å². The zero-order valence-electron chi connectivity index (χ0n) is 45.8. The van der Waals surface area contributed by atoms with Gasteiger partial charge in [0.2, 0.25) is 5.91 Å². The van der Waals surface area contributed by atoms with Crippen molar-refractivity contribution >= 4 is 13.7 Å². The lowest BCUT2D eigenvalue weighted by atomic mass is 10.0. The Labute approximate surface area is 427 Å². The molecule has 8 nitrogen and oxygen atoms in total. The highest BCUT2D eigenvalue weighted by atomic mass is 31.2. The number of nitrogens with one attached hydrogen (secondary N) is 1. The molecule has 402 valence electrons. The van der Waals surface area contributed by atoms with Gasteiger partial charge < -0.3 is 28.8 Å². The number of hydrogen-bond acceptors (Lipinski definition) is 6. The molecule has 0 bridgehead atoms. The fourth-order valence-corrected chi connectivity index (χ4v) is 8.86. The third-order valence-electron chi connectivity index (χ3n) is 12.6. The summed E-state index contributed by atoms with van der Waals surface area (Å²) in [7, 11) is 1.23. The summed E-state index contributed by atoms with van der Waals surface area (Å²) in [4.78, 5) is 25.4. The van der Waals surface area contributed by atoms with E-state index in [1.54, 1.807) is 6.08 Å². The highest BCUT2D eigenvalue weighted by Crippen LogP contribution is 2.38. The van der Waals surface area contributed by atoms with Crippen molar-refractivity contribution in [1.82, 2.24) is 5.32 Å². The van der Waals surface area contributed by atoms with Crippen molar-refractivity contribution < 1.29 is 32.9 Å². The van der Waals surface area contributed by atoms with Crippen LogP contribution in [0, 0.1) is 0 Å². The molecule has 0 aromatic carbocycles. The Kier molecular flexibility index (Phi) is 49.3. The van der Waals surface area contributed by atoms with Crippen LogP contribution >= 0.6 is 7.82 Å². The second-order valence-corrected chi connectivity index (χ2v) is 22.0. The molecule has 2 N–H and O–H groups in total. The molecule has 0 saturated carbocycles. The van der Waals surface area contributed by atoms with Gasteiger partial charge in [-0.05, 0) is 77.0 Å². The molecule has 0 heterocycles. The first-order chi connectivity index (χ1) is 33.5. The van der Waals surface area contributed by atoms with Crippen LogP contribution in [0.4, 0.5) is 0 Å². The van der Waals surface area contributed by atoms with Crippen molar-refractivity contribution in [3.8, 4) is 0 Å². The second-order valence-electron chi connectivity index (χ2n) is 20.6. The average molecular weight is 988 g/mol. The number of hydrogen-bond donors (Lipinski definition) is 2. The van der Waals surface area contributed by atoms with E-state index in [0.717, 1.165) is 64.2 Å². The number of allylic oxidation sites excluding steroid dienone is 11. The predicted octanol–water partition coefficient (Wildman–Crippen LogP) is 16.9. The molecule has 0 aliphatic carbocycles. The Balaban J connectivity index is 3.89. The topological polar surface area (TPSA) is 108 Å². The van der Waals surface area contributed by atoms with Crippen LogP contribution in [0.25, 0.3) is 0 Å². The monoisotopic (exact) mass is 987 g/mol. The fraction of sp³-hybridized carbons (Fsp3) is 0.783. The maximum absolute atomic E-state index is 12.9. The molecular formula is C60H111N2O6P. The van der Waals surface area contributed by atoms with Gasteiger partial charge in [0, 0.05) is 6.42 Å². The van der Waals surface area contributed by atoms with Crippen molar-refractivity contribution in [2.75, 3.05) is 40.9 Å². The van der Waals surface area contributed by atoms with E-state index < -0.39 is 26.6 Å². The molecule has 69 heavy (non-hydrogen) atoms. The summed E-state index contributed by atoms with van der Waals surface area (Å²) in [6.07, 6.45) is 70.3. The highest BCUT2D eigenvalue weighted by molar-refractivity contribution is 7.45. The third kappa shape index (κ3) is 53.6. The van der Waals surface area contributed by atoms with Crippen molar-refractivity contribution in [2.24, 2.45) is 0 Å². The Morgan fingerprint density at radius 3 is 1.33 bits per heavy atom. The lowest BCUT2D eigenvalue weighted by Gasteiger charge is -2.29. The molecule has 1 amide bonds. The SMILES string of the molecule is CC/C=C/CC/C=C/CC/C=C/C(O)C(COP(=O)([O-])OCC[N+](C)(C)C)NC(=O)CCCCCCCCCCCCCCCCCCCCCCCC/C=C\C/C=C\C/C=C\CCCCCCC. The Morgan fingerprint density at radius 2 is 0.899 bits per heavy atom. The van der Waals surface area contributed by atoms with Gasteiger partial charge in [-0.2, -0.15) is 0 Å². The molecule has 0 aromatic heterocycles. The molecule has 3 atom stereocenters. The molecule has 0 aliphatic rings. The number of nitrogens with zero attached hydrogens (tertiary/aromatic N) is 1. The van der Waals surface area contributed by atoms with Crippen LogP contribution in [-0.4, -0.2) is 68.5 Å². The Morgan fingerprint density at radius 1 is 0.522 bits per heavy atom. The lowest BCUT2D eigenvalue weighted by molar-refractivity contribution is -0.870. The average Bonchev–Trinajstić information content (AvgIpc) is 3.31. The summed E-state index contributed by atoms with van der Waals surface area (Å²) in [5.41, 5.74) is 0. The van der Waals surface area contributed by atoms with E-state index in [9.17, 15) is 19.4 Å². The number of rotatable bonds is 52. The van der Waals surface area contributed by atoms with Crippen LogP contribution in [0.5, 0.6) is 0 Å². The number of phosphoric ester groups is 1. The van der Waals surface area contributed by atoms with Gasteiger partial charge in [0.15, 0.2) is 0 Å². The van der Waals surface area contributed by atoms with Gasteiger partial charge in [0.25, 0.3) is 7.82 Å². The van der Waals surface area contributed by atoms with Crippen molar-refractivity contribution in [3.63, 3.8) is 0 Å². The summed E-state index contributed by atoms with van der Waals surface area (Å²) < 4.78 is 23.2. The molecule has 0 aliphatic heterocycles. The number of phosphoric acid groups is 1. The summed E-state index contributed by atoms with van der Waals surface area (Å²) in [5.74, 6) is -0.213. The van der Waals surface area contributed by atoms with Crippen molar-refractivity contribution in [2.45, 2.75) is 264 Å². The van der Waals surface area contributed by atoms with Crippen LogP contribution in [0.2, 0.25) is 0 Å². The fourth-order valence-electron chi connectivity index (χ4n) is 8.14. The second kappa shape index (κ2) is 50.9.